The van der Waals surface area contributed by atoms with Crippen LogP contribution in [0.1, 0.15) is 69.5 Å². The van der Waals surface area contributed by atoms with Crippen LogP contribution in [0.5, 0.6) is 0 Å². The molecule has 2 aliphatic rings. The zero-order chi connectivity index (χ0) is 33.3. The lowest BCUT2D eigenvalue weighted by molar-refractivity contribution is 0.00578. The molecular weight excluding hydrogens is 494 g/mol. The van der Waals surface area contributed by atoms with Crippen molar-refractivity contribution in [2.75, 3.05) is 27.0 Å². The number of fused-ring (bicyclic) bond motifs is 1. The number of aryl methyl sites for hydroxylation is 2. The van der Waals surface area contributed by atoms with Gasteiger partial charge in [0.1, 0.15) is 11.5 Å². The van der Waals surface area contributed by atoms with E-state index >= 15 is 4.39 Å². The lowest BCUT2D eigenvalue weighted by Gasteiger charge is -2.32. The normalized spacial score (nSPS) is 21.9. The minimum absolute atomic E-state index is 0.160. The van der Waals surface area contributed by atoms with E-state index in [1.165, 1.54) is 6.07 Å². The molecule has 0 unspecified atom stereocenters. The zero-order valence-corrected chi connectivity index (χ0v) is 23.3. The van der Waals surface area contributed by atoms with Gasteiger partial charge in [0.2, 0.25) is 0 Å². The van der Waals surface area contributed by atoms with E-state index < -0.39 is 44.0 Å². The highest BCUT2D eigenvalue weighted by molar-refractivity contribution is 6.65. The summed E-state index contributed by atoms with van der Waals surface area (Å²) in [6, 6.07) is 6.31. The molecule has 39 heavy (non-hydrogen) atoms. The van der Waals surface area contributed by atoms with Crippen LogP contribution >= 0.6 is 0 Å². The minimum atomic E-state index is -3.21. The summed E-state index contributed by atoms with van der Waals surface area (Å²) in [6.45, 7) is 5.13. The Balaban J connectivity index is 1.34. The Morgan fingerprint density at radius 3 is 2.54 bits per heavy atom. The Morgan fingerprint density at radius 2 is 1.92 bits per heavy atom. The summed E-state index contributed by atoms with van der Waals surface area (Å²) in [7, 11) is 1.46. The Hall–Kier alpha value is -3.01. The molecule has 206 valence electrons. The molecule has 1 saturated heterocycles. The molecule has 1 fully saturated rings. The summed E-state index contributed by atoms with van der Waals surface area (Å²) in [5, 5.41) is 0.963. The number of nitrogens with zero attached hydrogens (tertiary/aromatic N) is 4. The van der Waals surface area contributed by atoms with Gasteiger partial charge in [0.25, 0.3) is 5.91 Å². The van der Waals surface area contributed by atoms with Crippen LogP contribution in [0.15, 0.2) is 36.5 Å². The molecule has 1 amide bonds. The second-order valence-electron chi connectivity index (χ2n) is 11.4. The SMILES string of the molecule is [2H]C([2H])([2H])N(C(=O)c1cc(C)c(C2=CCN(Cc3cc4c(B5OC(C)(C)C(C)(C)O5)ccnc4n3C)CC2)c(F)c1)C([2H])([2H])[2H]. The number of carbonyl (C=O) groups is 1. The van der Waals surface area contributed by atoms with Crippen molar-refractivity contribution in [3.05, 3.63) is 64.7 Å². The number of amides is 1. The average molecular weight is 539 g/mol. The second kappa shape index (κ2) is 9.88. The number of carbonyl (C=O) groups excluding carboxylic acids is 1. The molecule has 7 nitrogen and oxygen atoms in total. The van der Waals surface area contributed by atoms with Crippen molar-refractivity contribution >= 4 is 35.1 Å². The van der Waals surface area contributed by atoms with Gasteiger partial charge in [-0.15, -0.1) is 0 Å². The van der Waals surface area contributed by atoms with Crippen LogP contribution in [0, 0.1) is 12.7 Å². The Labute approximate surface area is 239 Å². The summed E-state index contributed by atoms with van der Waals surface area (Å²) in [6.07, 6.45) is 4.26. The summed E-state index contributed by atoms with van der Waals surface area (Å²) < 4.78 is 75.2. The molecule has 2 aliphatic heterocycles. The monoisotopic (exact) mass is 538 g/mol. The molecular formula is C30H38BFN4O3. The first-order chi connectivity index (χ1) is 20.7. The quantitative estimate of drug-likeness (QED) is 0.454. The van der Waals surface area contributed by atoms with Gasteiger partial charge >= 0.3 is 7.12 Å². The van der Waals surface area contributed by atoms with Crippen molar-refractivity contribution in [1.82, 2.24) is 19.4 Å². The van der Waals surface area contributed by atoms with Gasteiger partial charge in [0, 0.05) is 77.3 Å². The van der Waals surface area contributed by atoms with Crippen LogP contribution in [-0.4, -0.2) is 70.6 Å². The van der Waals surface area contributed by atoms with Gasteiger partial charge in [-0.2, -0.15) is 0 Å². The molecule has 4 heterocycles. The highest BCUT2D eigenvalue weighted by atomic mass is 19.1. The van der Waals surface area contributed by atoms with E-state index in [4.69, 9.17) is 17.5 Å². The molecule has 0 N–H and O–H groups in total. The van der Waals surface area contributed by atoms with E-state index in [1.54, 1.807) is 13.1 Å². The first kappa shape index (κ1) is 20.8. The number of aromatic nitrogens is 2. The van der Waals surface area contributed by atoms with Crippen LogP contribution in [0.3, 0.4) is 0 Å². The van der Waals surface area contributed by atoms with Crippen LogP contribution in [0.25, 0.3) is 16.6 Å². The van der Waals surface area contributed by atoms with E-state index in [0.29, 0.717) is 37.2 Å². The fraction of sp³-hybridized carbons (Fsp3) is 0.467. The number of halogens is 1. The van der Waals surface area contributed by atoms with Gasteiger partial charge in [-0.3, -0.25) is 9.69 Å². The van der Waals surface area contributed by atoms with Gasteiger partial charge in [0.15, 0.2) is 0 Å². The predicted octanol–water partition coefficient (Wildman–Crippen LogP) is 4.31. The van der Waals surface area contributed by atoms with Crippen molar-refractivity contribution in [3.8, 4) is 0 Å². The lowest BCUT2D eigenvalue weighted by atomic mass is 9.78. The van der Waals surface area contributed by atoms with Crippen molar-refractivity contribution in [3.63, 3.8) is 0 Å². The maximum atomic E-state index is 15.5. The molecule has 0 atom stereocenters. The number of rotatable bonds is 5. The summed E-state index contributed by atoms with van der Waals surface area (Å²) >= 11 is 0. The third-order valence-electron chi connectivity index (χ3n) is 8.31. The molecule has 0 saturated carbocycles. The highest BCUT2D eigenvalue weighted by Gasteiger charge is 2.52. The molecule has 0 bridgehead atoms. The van der Waals surface area contributed by atoms with Crippen molar-refractivity contribution in [1.29, 1.82) is 0 Å². The molecule has 9 heteroatoms. The summed E-state index contributed by atoms with van der Waals surface area (Å²) in [5.41, 5.74) is 3.07. The van der Waals surface area contributed by atoms with Crippen molar-refractivity contribution in [2.45, 2.75) is 58.8 Å². The predicted molar refractivity (Wildman–Crippen MR) is 153 cm³/mol. The zero-order valence-electron chi connectivity index (χ0n) is 29.3. The van der Waals surface area contributed by atoms with Crippen LogP contribution in [0.2, 0.25) is 0 Å². The van der Waals surface area contributed by atoms with E-state index in [1.807, 2.05) is 46.9 Å². The van der Waals surface area contributed by atoms with E-state index in [9.17, 15) is 4.79 Å². The van der Waals surface area contributed by atoms with E-state index in [0.717, 1.165) is 33.8 Å². The average Bonchev–Trinajstić information content (AvgIpc) is 3.33. The first-order valence-corrected chi connectivity index (χ1v) is 13.1. The van der Waals surface area contributed by atoms with Crippen LogP contribution in [0.4, 0.5) is 4.39 Å². The molecule has 0 radical (unpaired) electrons. The highest BCUT2D eigenvalue weighted by Crippen LogP contribution is 2.37. The standard InChI is InChI=1S/C30H38BFN4O3/c1-19-15-21(28(37)34(6)7)16-25(32)26(19)20-10-13-36(14-11-20)18-22-17-23-24(9-12-33-27(23)35(22)8)31-38-29(2,3)30(4,5)39-31/h9-10,12,15-17H,11,13-14,18H2,1-8H3/i6D3,7D3. The third-order valence-corrected chi connectivity index (χ3v) is 8.31. The topological polar surface area (TPSA) is 59.8 Å². The maximum absolute atomic E-state index is 15.5. The van der Waals surface area contributed by atoms with Crippen LogP contribution < -0.4 is 5.46 Å². The lowest BCUT2D eigenvalue weighted by Crippen LogP contribution is -2.41. The van der Waals surface area contributed by atoms with Crippen molar-refractivity contribution < 1.29 is 26.7 Å². The van der Waals surface area contributed by atoms with E-state index in [2.05, 4.69) is 20.5 Å². The maximum Gasteiger partial charge on any atom is 0.495 e. The molecule has 1 aromatic carbocycles. The van der Waals surface area contributed by atoms with Crippen LogP contribution in [-0.2, 0) is 22.9 Å². The molecule has 3 aromatic rings. The van der Waals surface area contributed by atoms with E-state index in [-0.39, 0.29) is 10.5 Å². The number of hydrogen-bond donors (Lipinski definition) is 0. The number of benzene rings is 1. The fourth-order valence-electron chi connectivity index (χ4n) is 5.33. The Bertz CT molecular complexity index is 1630. The van der Waals surface area contributed by atoms with Gasteiger partial charge < -0.3 is 18.8 Å². The molecule has 0 spiro atoms. The Morgan fingerprint density at radius 1 is 1.21 bits per heavy atom. The Kier molecular flexibility index (Phi) is 5.28. The molecule has 0 aliphatic carbocycles. The summed E-state index contributed by atoms with van der Waals surface area (Å²) in [4.78, 5) is 19.6. The second-order valence-corrected chi connectivity index (χ2v) is 11.4. The fourth-order valence-corrected chi connectivity index (χ4v) is 5.33. The number of hydrogen-bond acceptors (Lipinski definition) is 5. The minimum Gasteiger partial charge on any atom is -0.399 e. The summed E-state index contributed by atoms with van der Waals surface area (Å²) in [5.74, 6) is -1.98. The van der Waals surface area contributed by atoms with Gasteiger partial charge in [0.05, 0.1) is 11.2 Å². The van der Waals surface area contributed by atoms with Gasteiger partial charge in [-0.25, -0.2) is 9.37 Å². The third kappa shape index (κ3) is 4.92. The number of pyridine rings is 1. The van der Waals surface area contributed by atoms with Gasteiger partial charge in [-0.05, 0) is 81.9 Å². The largest absolute Gasteiger partial charge is 0.495 e. The first-order valence-electron chi connectivity index (χ1n) is 16.1. The smallest absolute Gasteiger partial charge is 0.399 e. The van der Waals surface area contributed by atoms with Gasteiger partial charge in [-0.1, -0.05) is 6.08 Å². The van der Waals surface area contributed by atoms with Crippen molar-refractivity contribution in [2.24, 2.45) is 7.05 Å². The molecule has 2 aromatic heterocycles. The molecule has 5 rings (SSSR count).